The second kappa shape index (κ2) is 8.32. The number of anilines is 1. The van der Waals surface area contributed by atoms with E-state index in [2.05, 4.69) is 4.98 Å². The Kier molecular flexibility index (Phi) is 5.33. The molecule has 0 saturated heterocycles. The highest BCUT2D eigenvalue weighted by Crippen LogP contribution is 2.43. The molecule has 1 amide bonds. The number of hydrogen-bond acceptors (Lipinski definition) is 7. The number of ether oxygens (including phenoxy) is 2. The molecule has 0 radical (unpaired) electrons. The second-order valence-corrected chi connectivity index (χ2v) is 8.15. The number of carbonyl (C=O) groups excluding carboxylic acids is 1. The summed E-state index contributed by atoms with van der Waals surface area (Å²) in [5.74, 6) is -0.0764. The maximum Gasteiger partial charge on any atom is 0.297 e. The molecule has 168 valence electrons. The Morgan fingerprint density at radius 2 is 1.88 bits per heavy atom. The van der Waals surface area contributed by atoms with Gasteiger partial charge >= 0.3 is 0 Å². The molecule has 0 saturated carbocycles. The van der Waals surface area contributed by atoms with E-state index in [1.54, 1.807) is 29.8 Å². The van der Waals surface area contributed by atoms with Crippen LogP contribution in [-0.4, -0.2) is 24.1 Å². The minimum absolute atomic E-state index is 0.0727. The predicted octanol–water partition coefficient (Wildman–Crippen LogP) is 4.94. The van der Waals surface area contributed by atoms with Crippen molar-refractivity contribution in [2.24, 2.45) is 0 Å². The van der Waals surface area contributed by atoms with Crippen molar-refractivity contribution in [3.63, 3.8) is 0 Å². The first kappa shape index (κ1) is 21.1. The molecule has 0 fully saturated rings. The monoisotopic (exact) mass is 466 g/mol. The summed E-state index contributed by atoms with van der Waals surface area (Å²) in [6, 6.07) is 8.11. The molecule has 4 aromatic rings. The Hall–Kier alpha value is -3.72. The third kappa shape index (κ3) is 3.45. The molecule has 1 unspecified atom stereocenters. The number of benzene rings is 2. The van der Waals surface area contributed by atoms with Crippen molar-refractivity contribution in [1.82, 2.24) is 4.98 Å². The maximum atomic E-state index is 13.9. The lowest BCUT2D eigenvalue weighted by atomic mass is 9.98. The lowest BCUT2D eigenvalue weighted by molar-refractivity contribution is 0.0971. The fraction of sp³-hybridized carbons (Fsp3) is 0.208. The maximum absolute atomic E-state index is 13.9. The lowest BCUT2D eigenvalue weighted by Crippen LogP contribution is -2.29. The van der Waals surface area contributed by atoms with Crippen LogP contribution in [0.3, 0.4) is 0 Å². The van der Waals surface area contributed by atoms with Crippen LogP contribution in [-0.2, 0) is 0 Å². The molecule has 0 spiro atoms. The number of nitrogens with zero attached hydrogens (tertiary/aromatic N) is 2. The predicted molar refractivity (Wildman–Crippen MR) is 122 cm³/mol. The van der Waals surface area contributed by atoms with Crippen molar-refractivity contribution in [3.8, 4) is 11.5 Å². The molecular formula is C24H19FN2O5S. The van der Waals surface area contributed by atoms with Gasteiger partial charge in [0.25, 0.3) is 5.91 Å². The second-order valence-electron chi connectivity index (χ2n) is 7.28. The molecule has 0 aliphatic carbocycles. The van der Waals surface area contributed by atoms with E-state index in [1.165, 1.54) is 28.4 Å². The highest BCUT2D eigenvalue weighted by molar-refractivity contribution is 7.13. The van der Waals surface area contributed by atoms with Crippen LogP contribution in [0.2, 0.25) is 0 Å². The third-order valence-electron chi connectivity index (χ3n) is 5.34. The summed E-state index contributed by atoms with van der Waals surface area (Å²) in [5.41, 5.74) is 0.442. The molecule has 0 bridgehead atoms. The molecule has 1 atom stereocenters. The lowest BCUT2D eigenvalue weighted by Gasteiger charge is -2.23. The summed E-state index contributed by atoms with van der Waals surface area (Å²) in [6.45, 7) is 4.59. The molecule has 5 rings (SSSR count). The van der Waals surface area contributed by atoms with Gasteiger partial charge in [-0.3, -0.25) is 14.5 Å². The van der Waals surface area contributed by atoms with E-state index < -0.39 is 23.2 Å². The van der Waals surface area contributed by atoms with Crippen LogP contribution in [0, 0.1) is 5.82 Å². The van der Waals surface area contributed by atoms with Crippen LogP contribution in [0.1, 0.15) is 41.6 Å². The number of halogens is 1. The van der Waals surface area contributed by atoms with E-state index >= 15 is 0 Å². The number of aromatic nitrogens is 1. The van der Waals surface area contributed by atoms with E-state index in [-0.39, 0.29) is 22.3 Å². The van der Waals surface area contributed by atoms with Gasteiger partial charge in [-0.25, -0.2) is 9.37 Å². The Bertz CT molecular complexity index is 1420. The normalized spacial score (nSPS) is 15.2. The first-order valence-electron chi connectivity index (χ1n) is 10.4. The summed E-state index contributed by atoms with van der Waals surface area (Å²) in [6.07, 6.45) is 1.58. The van der Waals surface area contributed by atoms with Crippen molar-refractivity contribution in [2.45, 2.75) is 19.9 Å². The number of thiazole rings is 1. The van der Waals surface area contributed by atoms with Crippen LogP contribution < -0.4 is 19.8 Å². The summed E-state index contributed by atoms with van der Waals surface area (Å²) < 4.78 is 31.2. The number of carbonyl (C=O) groups is 1. The SMILES string of the molecule is CCOc1ccc(C2c3c(oc4ccc(F)cc4c3=O)C(=O)N2c2nccs2)cc1OCC. The zero-order valence-corrected chi connectivity index (χ0v) is 18.6. The first-order chi connectivity index (χ1) is 16.0. The molecule has 9 heteroatoms. The van der Waals surface area contributed by atoms with Crippen molar-refractivity contribution in [1.29, 1.82) is 0 Å². The molecule has 3 heterocycles. The zero-order valence-electron chi connectivity index (χ0n) is 17.8. The van der Waals surface area contributed by atoms with Gasteiger partial charge < -0.3 is 13.9 Å². The highest BCUT2D eigenvalue weighted by atomic mass is 32.1. The smallest absolute Gasteiger partial charge is 0.297 e. The van der Waals surface area contributed by atoms with Gasteiger partial charge in [0.05, 0.1) is 30.2 Å². The minimum Gasteiger partial charge on any atom is -0.490 e. The van der Waals surface area contributed by atoms with E-state index in [0.29, 0.717) is 35.4 Å². The largest absolute Gasteiger partial charge is 0.490 e. The summed E-state index contributed by atoms with van der Waals surface area (Å²) in [5, 5.41) is 2.23. The van der Waals surface area contributed by atoms with E-state index in [9.17, 15) is 14.0 Å². The fourth-order valence-corrected chi connectivity index (χ4v) is 4.70. The first-order valence-corrected chi connectivity index (χ1v) is 11.3. The van der Waals surface area contributed by atoms with Crippen LogP contribution in [0.4, 0.5) is 9.52 Å². The van der Waals surface area contributed by atoms with Crippen LogP contribution in [0.25, 0.3) is 11.0 Å². The van der Waals surface area contributed by atoms with E-state index in [4.69, 9.17) is 13.9 Å². The van der Waals surface area contributed by atoms with Gasteiger partial charge in [0, 0.05) is 11.6 Å². The van der Waals surface area contributed by atoms with Crippen LogP contribution in [0.15, 0.2) is 57.2 Å². The summed E-state index contributed by atoms with van der Waals surface area (Å²) in [4.78, 5) is 32.7. The van der Waals surface area contributed by atoms with Crippen LogP contribution >= 0.6 is 11.3 Å². The molecule has 0 N–H and O–H groups in total. The summed E-state index contributed by atoms with van der Waals surface area (Å²) in [7, 11) is 0. The minimum atomic E-state index is -0.822. The molecule has 2 aromatic heterocycles. The van der Waals surface area contributed by atoms with E-state index in [1.807, 2.05) is 13.8 Å². The van der Waals surface area contributed by atoms with Gasteiger partial charge in [0.15, 0.2) is 22.1 Å². The summed E-state index contributed by atoms with van der Waals surface area (Å²) >= 11 is 1.27. The van der Waals surface area contributed by atoms with Gasteiger partial charge in [-0.1, -0.05) is 6.07 Å². The number of hydrogen-bond donors (Lipinski definition) is 0. The average Bonchev–Trinajstić information content (AvgIpc) is 3.43. The fourth-order valence-electron chi connectivity index (χ4n) is 4.03. The molecule has 1 aliphatic heterocycles. The highest BCUT2D eigenvalue weighted by Gasteiger charge is 2.45. The van der Waals surface area contributed by atoms with Gasteiger partial charge in [-0.05, 0) is 49.7 Å². The van der Waals surface area contributed by atoms with Gasteiger partial charge in [-0.2, -0.15) is 0 Å². The van der Waals surface area contributed by atoms with Crippen molar-refractivity contribution >= 4 is 33.3 Å². The molecule has 1 aliphatic rings. The third-order valence-corrected chi connectivity index (χ3v) is 6.11. The number of rotatable bonds is 6. The molecule has 7 nitrogen and oxygen atoms in total. The Labute approximate surface area is 192 Å². The molecular weight excluding hydrogens is 447 g/mol. The van der Waals surface area contributed by atoms with Gasteiger partial charge in [0.2, 0.25) is 5.76 Å². The molecule has 2 aromatic carbocycles. The Morgan fingerprint density at radius 3 is 2.61 bits per heavy atom. The van der Waals surface area contributed by atoms with Crippen molar-refractivity contribution in [3.05, 3.63) is 80.9 Å². The average molecular weight is 466 g/mol. The van der Waals surface area contributed by atoms with Gasteiger partial charge in [-0.15, -0.1) is 11.3 Å². The van der Waals surface area contributed by atoms with Gasteiger partial charge in [0.1, 0.15) is 11.4 Å². The standard InChI is InChI=1S/C24H19FN2O5S/c1-3-30-17-7-5-13(11-18(17)31-4-2)20-19-21(28)15-12-14(25)6-8-16(15)32-22(19)23(29)27(20)24-26-9-10-33-24/h5-12,20H,3-4H2,1-2H3. The Morgan fingerprint density at radius 1 is 1.09 bits per heavy atom. The number of fused-ring (bicyclic) bond motifs is 2. The zero-order chi connectivity index (χ0) is 23.1. The van der Waals surface area contributed by atoms with Crippen molar-refractivity contribution in [2.75, 3.05) is 18.1 Å². The topological polar surface area (TPSA) is 81.9 Å². The van der Waals surface area contributed by atoms with E-state index in [0.717, 1.165) is 6.07 Å². The van der Waals surface area contributed by atoms with Crippen LogP contribution in [0.5, 0.6) is 11.5 Å². The Balaban J connectivity index is 1.77. The van der Waals surface area contributed by atoms with Crippen molar-refractivity contribution < 1.29 is 23.1 Å². The number of amides is 1. The quantitative estimate of drug-likeness (QED) is 0.401. The molecule has 33 heavy (non-hydrogen) atoms.